The average Bonchev–Trinajstić information content (AvgIpc) is 2.53. The molecule has 27 heavy (non-hydrogen) atoms. The van der Waals surface area contributed by atoms with E-state index in [2.05, 4.69) is 15.6 Å². The molecule has 12 nitrogen and oxygen atoms in total. The number of nitrogens with two attached hydrogens (primary N) is 5. The topological polar surface area (TPSA) is 235 Å². The zero-order chi connectivity index (χ0) is 21.1. The summed E-state index contributed by atoms with van der Waals surface area (Å²) in [5.74, 6) is -3.14. The maximum Gasteiger partial charge on any atom is 0.243 e. The predicted molar refractivity (Wildman–Crippen MR) is 99.6 cm³/mol. The lowest BCUT2D eigenvalue weighted by Gasteiger charge is -2.24. The number of aliphatic imine (C=N–C) groups is 1. The standard InChI is InChI=1S/C15H30N8O4/c1-7(2)11(12(18)25)23-14(27)9(4-3-5-21-15(19)20)22-13(26)8(16)6-10(17)24/h7-9,11H,3-6,16H2,1-2H3,(H2,17,24)(H2,18,25)(H,22,26)(H,23,27)(H4,19,20,21)/t8-,9-,11-/m0/s1. The Bertz CT molecular complexity index is 574. The first-order valence-corrected chi connectivity index (χ1v) is 8.45. The minimum absolute atomic E-state index is 0.0999. The average molecular weight is 386 g/mol. The summed E-state index contributed by atoms with van der Waals surface area (Å²) >= 11 is 0. The predicted octanol–water partition coefficient (Wildman–Crippen LogP) is -3.65. The van der Waals surface area contributed by atoms with Crippen molar-refractivity contribution in [2.45, 2.75) is 51.2 Å². The first-order chi connectivity index (χ1) is 12.5. The molecule has 0 unspecified atom stereocenters. The van der Waals surface area contributed by atoms with Gasteiger partial charge in [-0.15, -0.1) is 0 Å². The Labute approximate surface area is 157 Å². The second kappa shape index (κ2) is 11.7. The number of hydrogen-bond acceptors (Lipinski definition) is 6. The van der Waals surface area contributed by atoms with Crippen LogP contribution in [0.2, 0.25) is 0 Å². The molecular weight excluding hydrogens is 356 g/mol. The van der Waals surface area contributed by atoms with Crippen molar-refractivity contribution >= 4 is 29.6 Å². The molecule has 12 N–H and O–H groups in total. The molecule has 0 aliphatic rings. The van der Waals surface area contributed by atoms with Crippen LogP contribution in [-0.4, -0.2) is 54.3 Å². The van der Waals surface area contributed by atoms with Gasteiger partial charge in [0.25, 0.3) is 0 Å². The molecule has 3 atom stereocenters. The van der Waals surface area contributed by atoms with Gasteiger partial charge < -0.3 is 39.3 Å². The van der Waals surface area contributed by atoms with Crippen LogP contribution in [0.15, 0.2) is 4.99 Å². The Balaban J connectivity index is 5.12. The van der Waals surface area contributed by atoms with E-state index in [0.717, 1.165) is 0 Å². The van der Waals surface area contributed by atoms with Crippen molar-refractivity contribution in [1.29, 1.82) is 0 Å². The Morgan fingerprint density at radius 3 is 2.00 bits per heavy atom. The first-order valence-electron chi connectivity index (χ1n) is 8.45. The Hall–Kier alpha value is -2.89. The molecule has 0 aliphatic carbocycles. The van der Waals surface area contributed by atoms with Crippen LogP contribution < -0.4 is 39.3 Å². The summed E-state index contributed by atoms with van der Waals surface area (Å²) in [5, 5.41) is 4.95. The van der Waals surface area contributed by atoms with Crippen LogP contribution >= 0.6 is 0 Å². The fourth-order valence-electron chi connectivity index (χ4n) is 2.18. The third kappa shape index (κ3) is 9.99. The molecule has 0 radical (unpaired) electrons. The number of amides is 4. The lowest BCUT2D eigenvalue weighted by molar-refractivity contribution is -0.133. The Morgan fingerprint density at radius 1 is 0.963 bits per heavy atom. The summed E-state index contributed by atoms with van der Waals surface area (Å²) < 4.78 is 0. The summed E-state index contributed by atoms with van der Waals surface area (Å²) in [7, 11) is 0. The van der Waals surface area contributed by atoms with Gasteiger partial charge in [-0.1, -0.05) is 13.8 Å². The van der Waals surface area contributed by atoms with Gasteiger partial charge in [0.05, 0.1) is 12.5 Å². The summed E-state index contributed by atoms with van der Waals surface area (Å²) in [6, 6.07) is -3.13. The van der Waals surface area contributed by atoms with E-state index in [1.54, 1.807) is 13.8 Å². The van der Waals surface area contributed by atoms with Gasteiger partial charge in [-0.2, -0.15) is 0 Å². The fraction of sp³-hybridized carbons (Fsp3) is 0.667. The van der Waals surface area contributed by atoms with Crippen molar-refractivity contribution in [3.63, 3.8) is 0 Å². The minimum atomic E-state index is -1.20. The fourth-order valence-corrected chi connectivity index (χ4v) is 2.18. The molecule has 0 aromatic rings. The smallest absolute Gasteiger partial charge is 0.243 e. The molecule has 0 rings (SSSR count). The van der Waals surface area contributed by atoms with Crippen molar-refractivity contribution in [3.05, 3.63) is 0 Å². The molecule has 0 spiro atoms. The van der Waals surface area contributed by atoms with E-state index in [0.29, 0.717) is 6.42 Å². The molecule has 0 saturated heterocycles. The molecule has 0 aromatic carbocycles. The number of hydrogen-bond donors (Lipinski definition) is 7. The Kier molecular flexibility index (Phi) is 10.4. The highest BCUT2D eigenvalue weighted by molar-refractivity contribution is 5.94. The van der Waals surface area contributed by atoms with E-state index in [1.165, 1.54) is 0 Å². The van der Waals surface area contributed by atoms with Gasteiger partial charge in [0, 0.05) is 6.54 Å². The summed E-state index contributed by atoms with van der Waals surface area (Å²) in [6.07, 6.45) is 0.162. The molecule has 12 heteroatoms. The van der Waals surface area contributed by atoms with Gasteiger partial charge in [0.2, 0.25) is 23.6 Å². The van der Waals surface area contributed by atoms with Crippen molar-refractivity contribution in [2.75, 3.05) is 6.54 Å². The molecule has 0 aliphatic heterocycles. The number of nitrogens with one attached hydrogen (secondary N) is 2. The quantitative estimate of drug-likeness (QED) is 0.101. The van der Waals surface area contributed by atoms with Crippen LogP contribution in [0.1, 0.15) is 33.1 Å². The molecule has 154 valence electrons. The van der Waals surface area contributed by atoms with E-state index in [4.69, 9.17) is 28.7 Å². The van der Waals surface area contributed by atoms with Gasteiger partial charge in [0.1, 0.15) is 12.1 Å². The molecular formula is C15H30N8O4. The van der Waals surface area contributed by atoms with Crippen LogP contribution in [0.3, 0.4) is 0 Å². The number of nitrogens with zero attached hydrogens (tertiary/aromatic N) is 1. The largest absolute Gasteiger partial charge is 0.370 e. The Morgan fingerprint density at radius 2 is 1.56 bits per heavy atom. The van der Waals surface area contributed by atoms with Gasteiger partial charge >= 0.3 is 0 Å². The van der Waals surface area contributed by atoms with Gasteiger partial charge in [0.15, 0.2) is 5.96 Å². The molecule has 0 saturated carbocycles. The zero-order valence-corrected chi connectivity index (χ0v) is 15.6. The highest BCUT2D eigenvalue weighted by Crippen LogP contribution is 2.05. The maximum absolute atomic E-state index is 12.5. The van der Waals surface area contributed by atoms with E-state index in [1.807, 2.05) is 0 Å². The normalized spacial score (nSPS) is 13.9. The third-order valence-electron chi connectivity index (χ3n) is 3.61. The SMILES string of the molecule is CC(C)[C@H](NC(=O)[C@H](CCCN=C(N)N)NC(=O)[C@@H](N)CC(N)=O)C(N)=O. The van der Waals surface area contributed by atoms with Crippen LogP contribution in [0.4, 0.5) is 0 Å². The number of guanidine groups is 1. The van der Waals surface area contributed by atoms with E-state index < -0.39 is 41.8 Å². The van der Waals surface area contributed by atoms with Crippen molar-refractivity contribution in [2.24, 2.45) is 39.6 Å². The van der Waals surface area contributed by atoms with Gasteiger partial charge in [-0.05, 0) is 18.8 Å². The lowest BCUT2D eigenvalue weighted by atomic mass is 10.0. The minimum Gasteiger partial charge on any atom is -0.370 e. The molecule has 0 heterocycles. The second-order valence-corrected chi connectivity index (χ2v) is 6.42. The highest BCUT2D eigenvalue weighted by Gasteiger charge is 2.28. The van der Waals surface area contributed by atoms with Crippen molar-refractivity contribution < 1.29 is 19.2 Å². The number of carbonyl (C=O) groups is 4. The number of rotatable bonds is 12. The van der Waals surface area contributed by atoms with Crippen molar-refractivity contribution in [1.82, 2.24) is 10.6 Å². The summed E-state index contributed by atoms with van der Waals surface area (Å²) in [4.78, 5) is 50.8. The first kappa shape index (κ1) is 24.1. The third-order valence-corrected chi connectivity index (χ3v) is 3.61. The molecule has 0 aromatic heterocycles. The molecule has 4 amide bonds. The van der Waals surface area contributed by atoms with Crippen molar-refractivity contribution in [3.8, 4) is 0 Å². The lowest BCUT2D eigenvalue weighted by Crippen LogP contribution is -2.56. The van der Waals surface area contributed by atoms with E-state index >= 15 is 0 Å². The van der Waals surface area contributed by atoms with E-state index in [-0.39, 0.29) is 31.3 Å². The van der Waals surface area contributed by atoms with Crippen LogP contribution in [-0.2, 0) is 19.2 Å². The van der Waals surface area contributed by atoms with E-state index in [9.17, 15) is 19.2 Å². The highest BCUT2D eigenvalue weighted by atomic mass is 16.2. The summed E-state index contributed by atoms with van der Waals surface area (Å²) in [6.45, 7) is 3.66. The van der Waals surface area contributed by atoms with Gasteiger partial charge in [-0.3, -0.25) is 24.2 Å². The van der Waals surface area contributed by atoms with Crippen LogP contribution in [0, 0.1) is 5.92 Å². The van der Waals surface area contributed by atoms with Gasteiger partial charge in [-0.25, -0.2) is 0 Å². The van der Waals surface area contributed by atoms with Crippen LogP contribution in [0.5, 0.6) is 0 Å². The zero-order valence-electron chi connectivity index (χ0n) is 15.6. The molecule has 0 bridgehead atoms. The van der Waals surface area contributed by atoms with Crippen LogP contribution in [0.25, 0.3) is 0 Å². The molecule has 0 fully saturated rings. The second-order valence-electron chi connectivity index (χ2n) is 6.42. The number of primary amides is 2. The number of carbonyl (C=O) groups excluding carboxylic acids is 4. The summed E-state index contributed by atoms with van der Waals surface area (Å²) in [5.41, 5.74) is 26.4. The monoisotopic (exact) mass is 386 g/mol. The maximum atomic E-state index is 12.5.